The molecular weight excluding hydrogens is 332 g/mol. The number of anilines is 1. The van der Waals surface area contributed by atoms with E-state index >= 15 is 0 Å². The molecule has 0 atom stereocenters. The summed E-state index contributed by atoms with van der Waals surface area (Å²) in [7, 11) is 0. The molecule has 3 aliphatic rings. The number of carboxylic acids is 1. The molecule has 0 aromatic carbocycles. The van der Waals surface area contributed by atoms with Crippen LogP contribution in [0.1, 0.15) is 43.4 Å². The second-order valence-corrected chi connectivity index (χ2v) is 7.84. The Hall–Kier alpha value is -2.15. The van der Waals surface area contributed by atoms with E-state index in [-0.39, 0.29) is 24.7 Å². The van der Waals surface area contributed by atoms with E-state index in [2.05, 4.69) is 20.5 Å². The number of urea groups is 1. The zero-order valence-corrected chi connectivity index (χ0v) is 14.9. The van der Waals surface area contributed by atoms with Gasteiger partial charge in [-0.3, -0.25) is 15.0 Å². The lowest BCUT2D eigenvalue weighted by Gasteiger charge is -2.42. The topological polar surface area (TPSA) is 94.6 Å². The van der Waals surface area contributed by atoms with Crippen molar-refractivity contribution in [1.29, 1.82) is 0 Å². The van der Waals surface area contributed by atoms with Crippen molar-refractivity contribution < 1.29 is 14.7 Å². The Kier molecular flexibility index (Phi) is 4.80. The van der Waals surface area contributed by atoms with Gasteiger partial charge in [-0.15, -0.1) is 0 Å². The molecule has 0 unspecified atom stereocenters. The summed E-state index contributed by atoms with van der Waals surface area (Å²) in [5.74, 6) is 0.485. The summed E-state index contributed by atoms with van der Waals surface area (Å²) in [6.07, 6.45) is 7.23. The van der Waals surface area contributed by atoms with E-state index in [9.17, 15) is 9.59 Å². The van der Waals surface area contributed by atoms with Crippen LogP contribution in [0.2, 0.25) is 0 Å². The highest BCUT2D eigenvalue weighted by Gasteiger charge is 2.37. The van der Waals surface area contributed by atoms with Crippen molar-refractivity contribution in [3.8, 4) is 0 Å². The van der Waals surface area contributed by atoms with E-state index in [1.807, 2.05) is 12.1 Å². The number of rotatable bonds is 7. The van der Waals surface area contributed by atoms with Crippen LogP contribution in [0.3, 0.4) is 0 Å². The number of amides is 2. The van der Waals surface area contributed by atoms with Crippen molar-refractivity contribution in [2.24, 2.45) is 5.92 Å². The van der Waals surface area contributed by atoms with Gasteiger partial charge < -0.3 is 10.4 Å². The molecule has 2 fully saturated rings. The molecular formula is C19H26N4O3. The zero-order chi connectivity index (χ0) is 18.1. The van der Waals surface area contributed by atoms with Crippen LogP contribution in [0, 0.1) is 5.92 Å². The highest BCUT2D eigenvalue weighted by Crippen LogP contribution is 2.33. The van der Waals surface area contributed by atoms with Crippen LogP contribution in [0.4, 0.5) is 10.6 Å². The summed E-state index contributed by atoms with van der Waals surface area (Å²) in [5.41, 5.74) is 2.38. The Balaban J connectivity index is 1.24. The SMILES string of the molecule is O=C(O)CN(CC1CC1)C1CC(NC(=O)Nc2ccc3c(n2)CCC3)C1. The number of aromatic nitrogens is 1. The number of carbonyl (C=O) groups excluding carboxylic acids is 1. The molecule has 0 radical (unpaired) electrons. The summed E-state index contributed by atoms with van der Waals surface area (Å²) >= 11 is 0. The van der Waals surface area contributed by atoms with Gasteiger partial charge >= 0.3 is 12.0 Å². The van der Waals surface area contributed by atoms with Crippen LogP contribution in [-0.4, -0.2) is 52.2 Å². The summed E-state index contributed by atoms with van der Waals surface area (Å²) < 4.78 is 0. The number of carbonyl (C=O) groups is 2. The number of carboxylic acid groups (broad SMARTS) is 1. The van der Waals surface area contributed by atoms with Gasteiger partial charge in [0.1, 0.15) is 5.82 Å². The maximum Gasteiger partial charge on any atom is 0.320 e. The fraction of sp³-hybridized carbons (Fsp3) is 0.632. The minimum atomic E-state index is -0.775. The highest BCUT2D eigenvalue weighted by atomic mass is 16.4. The molecule has 7 nitrogen and oxygen atoms in total. The molecule has 0 bridgehead atoms. The number of fused-ring (bicyclic) bond motifs is 1. The van der Waals surface area contributed by atoms with Gasteiger partial charge in [-0.05, 0) is 62.5 Å². The number of hydrogen-bond acceptors (Lipinski definition) is 4. The first-order valence-electron chi connectivity index (χ1n) is 9.59. The first kappa shape index (κ1) is 17.3. The Morgan fingerprint density at radius 2 is 2.04 bits per heavy atom. The van der Waals surface area contributed by atoms with Gasteiger partial charge in [0.25, 0.3) is 0 Å². The van der Waals surface area contributed by atoms with E-state index in [4.69, 9.17) is 5.11 Å². The average Bonchev–Trinajstić information content (AvgIpc) is 3.23. The van der Waals surface area contributed by atoms with Crippen LogP contribution >= 0.6 is 0 Å². The minimum Gasteiger partial charge on any atom is -0.480 e. The fourth-order valence-corrected chi connectivity index (χ4v) is 3.98. The molecule has 140 valence electrons. The Morgan fingerprint density at radius 3 is 2.77 bits per heavy atom. The molecule has 2 amide bonds. The van der Waals surface area contributed by atoms with E-state index in [0.717, 1.165) is 44.3 Å². The monoisotopic (exact) mass is 358 g/mol. The third-order valence-corrected chi connectivity index (χ3v) is 5.66. The molecule has 4 rings (SSSR count). The Morgan fingerprint density at radius 1 is 1.23 bits per heavy atom. The summed E-state index contributed by atoms with van der Waals surface area (Å²) in [6, 6.07) is 4.04. The lowest BCUT2D eigenvalue weighted by Crippen LogP contribution is -2.55. The fourth-order valence-electron chi connectivity index (χ4n) is 3.98. The first-order chi connectivity index (χ1) is 12.6. The molecule has 26 heavy (non-hydrogen) atoms. The number of nitrogens with zero attached hydrogens (tertiary/aromatic N) is 2. The van der Waals surface area contributed by atoms with Crippen molar-refractivity contribution in [2.75, 3.05) is 18.4 Å². The number of pyridine rings is 1. The van der Waals surface area contributed by atoms with Crippen molar-refractivity contribution in [3.63, 3.8) is 0 Å². The van der Waals surface area contributed by atoms with E-state index < -0.39 is 5.97 Å². The molecule has 1 heterocycles. The van der Waals surface area contributed by atoms with Crippen LogP contribution in [-0.2, 0) is 17.6 Å². The molecule has 0 saturated heterocycles. The molecule has 2 saturated carbocycles. The highest BCUT2D eigenvalue weighted by molar-refractivity contribution is 5.88. The normalized spacial score (nSPS) is 24.0. The van der Waals surface area contributed by atoms with Gasteiger partial charge in [0, 0.05) is 24.3 Å². The van der Waals surface area contributed by atoms with Crippen LogP contribution < -0.4 is 10.6 Å². The van der Waals surface area contributed by atoms with Gasteiger partial charge in [0.2, 0.25) is 0 Å². The molecule has 0 spiro atoms. The van der Waals surface area contributed by atoms with Crippen LogP contribution in [0.25, 0.3) is 0 Å². The molecule has 7 heteroatoms. The smallest absolute Gasteiger partial charge is 0.320 e. The van der Waals surface area contributed by atoms with Crippen LogP contribution in [0.5, 0.6) is 0 Å². The van der Waals surface area contributed by atoms with E-state index in [1.165, 1.54) is 18.4 Å². The molecule has 3 N–H and O–H groups in total. The second kappa shape index (κ2) is 7.23. The van der Waals surface area contributed by atoms with Crippen molar-refractivity contribution in [1.82, 2.24) is 15.2 Å². The van der Waals surface area contributed by atoms with Gasteiger partial charge in [0.05, 0.1) is 6.54 Å². The van der Waals surface area contributed by atoms with Crippen LogP contribution in [0.15, 0.2) is 12.1 Å². The molecule has 0 aliphatic heterocycles. The lowest BCUT2D eigenvalue weighted by molar-refractivity contribution is -0.139. The van der Waals surface area contributed by atoms with Gasteiger partial charge in [-0.25, -0.2) is 9.78 Å². The lowest BCUT2D eigenvalue weighted by atomic mass is 9.85. The third kappa shape index (κ3) is 4.15. The van der Waals surface area contributed by atoms with Gasteiger partial charge in [-0.1, -0.05) is 6.07 Å². The predicted molar refractivity (Wildman–Crippen MR) is 97.2 cm³/mol. The quantitative estimate of drug-likeness (QED) is 0.693. The number of hydrogen-bond donors (Lipinski definition) is 3. The molecule has 1 aromatic rings. The Bertz CT molecular complexity index is 698. The predicted octanol–water partition coefficient (Wildman–Crippen LogP) is 2.02. The van der Waals surface area contributed by atoms with Crippen molar-refractivity contribution >= 4 is 17.8 Å². The summed E-state index contributed by atoms with van der Waals surface area (Å²) in [5, 5.41) is 14.9. The summed E-state index contributed by atoms with van der Waals surface area (Å²) in [6.45, 7) is 0.966. The summed E-state index contributed by atoms with van der Waals surface area (Å²) in [4.78, 5) is 29.8. The molecule has 3 aliphatic carbocycles. The molecule has 1 aromatic heterocycles. The van der Waals surface area contributed by atoms with E-state index in [1.54, 1.807) is 0 Å². The average molecular weight is 358 g/mol. The van der Waals surface area contributed by atoms with Crippen molar-refractivity contribution in [2.45, 2.75) is 57.0 Å². The van der Waals surface area contributed by atoms with Gasteiger partial charge in [0.15, 0.2) is 0 Å². The maximum atomic E-state index is 12.2. The minimum absolute atomic E-state index is 0.0964. The Labute approximate surface area is 153 Å². The standard InChI is InChI=1S/C19H26N4O3/c24-18(25)11-23(10-12-4-5-12)15-8-14(9-15)20-19(26)22-17-7-6-13-2-1-3-16(13)21-17/h6-7,12,14-15H,1-5,8-11H2,(H,24,25)(H2,20,21,22,26). The second-order valence-electron chi connectivity index (χ2n) is 7.84. The van der Waals surface area contributed by atoms with Gasteiger partial charge in [-0.2, -0.15) is 0 Å². The number of aliphatic carboxylic acids is 1. The number of nitrogens with one attached hydrogen (secondary N) is 2. The largest absolute Gasteiger partial charge is 0.480 e. The number of aryl methyl sites for hydroxylation is 2. The first-order valence-corrected chi connectivity index (χ1v) is 9.59. The van der Waals surface area contributed by atoms with Crippen molar-refractivity contribution in [3.05, 3.63) is 23.4 Å². The maximum absolute atomic E-state index is 12.2. The zero-order valence-electron chi connectivity index (χ0n) is 14.9. The third-order valence-electron chi connectivity index (χ3n) is 5.66. The van der Waals surface area contributed by atoms with E-state index in [0.29, 0.717) is 11.7 Å².